The molecule has 2 aromatic rings. The number of hydrogen-bond acceptors (Lipinski definition) is 4. The Balaban J connectivity index is 1.29. The number of halogens is 1. The number of hydrogen-bond donors (Lipinski definition) is 0. The Kier molecular flexibility index (Phi) is 4.50. The number of esters is 1. The summed E-state index contributed by atoms with van der Waals surface area (Å²) in [5, 5.41) is 0. The van der Waals surface area contributed by atoms with E-state index in [0.717, 1.165) is 54.5 Å². The van der Waals surface area contributed by atoms with E-state index in [1.165, 1.54) is 11.1 Å². The van der Waals surface area contributed by atoms with Crippen LogP contribution in [0.1, 0.15) is 36.0 Å². The van der Waals surface area contributed by atoms with Crippen LogP contribution in [-0.2, 0) is 27.8 Å². The molecule has 1 aliphatic carbocycles. The van der Waals surface area contributed by atoms with Crippen LogP contribution < -0.4 is 4.74 Å². The number of benzene rings is 1. The van der Waals surface area contributed by atoms with Gasteiger partial charge in [0, 0.05) is 23.3 Å². The highest BCUT2D eigenvalue weighted by atomic mass is 79.9. The Morgan fingerprint density at radius 1 is 1.28 bits per heavy atom. The van der Waals surface area contributed by atoms with Crippen molar-refractivity contribution in [2.45, 2.75) is 37.5 Å². The summed E-state index contributed by atoms with van der Waals surface area (Å²) >= 11 is 3.42. The van der Waals surface area contributed by atoms with E-state index in [-0.39, 0.29) is 5.97 Å². The van der Waals surface area contributed by atoms with E-state index in [9.17, 15) is 4.79 Å². The van der Waals surface area contributed by atoms with Crippen molar-refractivity contribution < 1.29 is 14.3 Å². The van der Waals surface area contributed by atoms with Crippen molar-refractivity contribution >= 4 is 21.9 Å². The summed E-state index contributed by atoms with van der Waals surface area (Å²) < 4.78 is 12.0. The fourth-order valence-corrected chi connectivity index (χ4v) is 3.75. The molecule has 0 atom stereocenters. The van der Waals surface area contributed by atoms with E-state index in [1.807, 2.05) is 12.1 Å². The molecule has 1 saturated carbocycles. The second-order valence-electron chi connectivity index (χ2n) is 6.75. The van der Waals surface area contributed by atoms with Crippen LogP contribution in [-0.4, -0.2) is 24.2 Å². The zero-order chi connectivity index (χ0) is 17.3. The lowest BCUT2D eigenvalue weighted by Crippen LogP contribution is -2.24. The second-order valence-corrected chi connectivity index (χ2v) is 7.67. The minimum atomic E-state index is -0.471. The number of aromatic nitrogens is 1. The lowest BCUT2D eigenvalue weighted by Gasteiger charge is -2.15. The van der Waals surface area contributed by atoms with Crippen LogP contribution in [0.5, 0.6) is 5.75 Å². The van der Waals surface area contributed by atoms with Gasteiger partial charge in [-0.2, -0.15) is 0 Å². The predicted molar refractivity (Wildman–Crippen MR) is 97.8 cm³/mol. The maximum atomic E-state index is 12.5. The molecule has 0 saturated heterocycles. The van der Waals surface area contributed by atoms with Gasteiger partial charge in [-0.15, -0.1) is 0 Å². The van der Waals surface area contributed by atoms with Gasteiger partial charge in [0.05, 0.1) is 18.6 Å². The van der Waals surface area contributed by atoms with Gasteiger partial charge in [0.2, 0.25) is 0 Å². The molecule has 0 unspecified atom stereocenters. The van der Waals surface area contributed by atoms with Crippen LogP contribution in [0.4, 0.5) is 0 Å². The molecular weight excluding hydrogens is 382 g/mol. The molecule has 1 aromatic carbocycles. The molecule has 1 aromatic heterocycles. The quantitative estimate of drug-likeness (QED) is 0.542. The number of pyridine rings is 1. The van der Waals surface area contributed by atoms with Gasteiger partial charge in [-0.05, 0) is 70.4 Å². The van der Waals surface area contributed by atoms with E-state index >= 15 is 0 Å². The minimum absolute atomic E-state index is 0.116. The lowest BCUT2D eigenvalue weighted by atomic mass is 9.98. The number of fused-ring (bicyclic) bond motifs is 1. The zero-order valence-electron chi connectivity index (χ0n) is 14.0. The van der Waals surface area contributed by atoms with Crippen molar-refractivity contribution in [3.63, 3.8) is 0 Å². The molecule has 2 heterocycles. The first kappa shape index (κ1) is 16.6. The first-order valence-corrected chi connectivity index (χ1v) is 9.50. The molecule has 130 valence electrons. The van der Waals surface area contributed by atoms with Crippen LogP contribution in [0.25, 0.3) is 0 Å². The maximum absolute atomic E-state index is 12.5. The summed E-state index contributed by atoms with van der Waals surface area (Å²) in [5.74, 6) is 0.892. The van der Waals surface area contributed by atoms with E-state index in [1.54, 1.807) is 12.4 Å². The molecule has 0 N–H and O–H groups in total. The van der Waals surface area contributed by atoms with Gasteiger partial charge < -0.3 is 9.47 Å². The SMILES string of the molecule is O=C(OCCCc1ccc2c(c1)CCO2)C1(c2cncc(Br)c2)CC1. The van der Waals surface area contributed by atoms with Gasteiger partial charge in [0.25, 0.3) is 0 Å². The van der Waals surface area contributed by atoms with E-state index in [2.05, 4.69) is 33.0 Å². The van der Waals surface area contributed by atoms with Gasteiger partial charge >= 0.3 is 5.97 Å². The molecule has 0 bridgehead atoms. The van der Waals surface area contributed by atoms with Crippen LogP contribution >= 0.6 is 15.9 Å². The standard InChI is InChI=1S/C20H20BrNO3/c21-17-11-16(12-22-13-17)20(6-7-20)19(23)25-8-1-2-14-3-4-18-15(10-14)5-9-24-18/h3-4,10-13H,1-2,5-9H2. The Bertz CT molecular complexity index is 801. The van der Waals surface area contributed by atoms with Gasteiger partial charge in [-0.25, -0.2) is 0 Å². The highest BCUT2D eigenvalue weighted by Gasteiger charge is 2.53. The van der Waals surface area contributed by atoms with Crippen molar-refractivity contribution in [2.24, 2.45) is 0 Å². The minimum Gasteiger partial charge on any atom is -0.493 e. The van der Waals surface area contributed by atoms with E-state index in [0.29, 0.717) is 6.61 Å². The third-order valence-electron chi connectivity index (χ3n) is 5.00. The highest BCUT2D eigenvalue weighted by molar-refractivity contribution is 9.10. The molecule has 0 radical (unpaired) electrons. The lowest BCUT2D eigenvalue weighted by molar-refractivity contribution is -0.146. The number of carbonyl (C=O) groups excluding carboxylic acids is 1. The second kappa shape index (κ2) is 6.79. The topological polar surface area (TPSA) is 48.4 Å². The molecule has 1 fully saturated rings. The molecule has 4 rings (SSSR count). The number of nitrogens with zero attached hydrogens (tertiary/aromatic N) is 1. The highest BCUT2D eigenvalue weighted by Crippen LogP contribution is 2.49. The van der Waals surface area contributed by atoms with Gasteiger partial charge in [-0.3, -0.25) is 9.78 Å². The summed E-state index contributed by atoms with van der Waals surface area (Å²) in [6.45, 7) is 1.23. The number of carbonyl (C=O) groups is 1. The predicted octanol–water partition coefficient (Wildman–Crippen LogP) is 3.99. The molecule has 1 aliphatic heterocycles. The van der Waals surface area contributed by atoms with Crippen molar-refractivity contribution in [3.8, 4) is 5.75 Å². The summed E-state index contributed by atoms with van der Waals surface area (Å²) in [6.07, 6.45) is 7.91. The first-order valence-electron chi connectivity index (χ1n) is 8.70. The summed E-state index contributed by atoms with van der Waals surface area (Å²) in [4.78, 5) is 16.7. The largest absolute Gasteiger partial charge is 0.493 e. The fourth-order valence-electron chi connectivity index (χ4n) is 3.38. The molecule has 0 spiro atoms. The van der Waals surface area contributed by atoms with E-state index < -0.39 is 5.41 Å². The molecule has 4 nitrogen and oxygen atoms in total. The molecule has 2 aliphatic rings. The molecule has 0 amide bonds. The Hall–Kier alpha value is -1.88. The van der Waals surface area contributed by atoms with Crippen molar-refractivity contribution in [3.05, 3.63) is 57.8 Å². The number of rotatable bonds is 6. The Morgan fingerprint density at radius 2 is 2.16 bits per heavy atom. The average Bonchev–Trinajstić information content (AvgIpc) is 3.30. The Labute approximate surface area is 155 Å². The number of ether oxygens (including phenoxy) is 2. The molecule has 5 heteroatoms. The first-order chi connectivity index (χ1) is 12.2. The average molecular weight is 402 g/mol. The number of aryl methyl sites for hydroxylation is 1. The summed E-state index contributed by atoms with van der Waals surface area (Å²) in [7, 11) is 0. The van der Waals surface area contributed by atoms with Crippen LogP contribution in [0.2, 0.25) is 0 Å². The zero-order valence-corrected chi connectivity index (χ0v) is 15.5. The fraction of sp³-hybridized carbons (Fsp3) is 0.400. The third kappa shape index (κ3) is 3.43. The van der Waals surface area contributed by atoms with Crippen LogP contribution in [0, 0.1) is 0 Å². The van der Waals surface area contributed by atoms with Gasteiger partial charge in [0.15, 0.2) is 0 Å². The molecular formula is C20H20BrNO3. The third-order valence-corrected chi connectivity index (χ3v) is 5.43. The van der Waals surface area contributed by atoms with Crippen LogP contribution in [0.3, 0.4) is 0 Å². The Morgan fingerprint density at radius 3 is 2.96 bits per heavy atom. The van der Waals surface area contributed by atoms with Gasteiger partial charge in [-0.1, -0.05) is 12.1 Å². The normalized spacial score (nSPS) is 16.8. The van der Waals surface area contributed by atoms with Crippen molar-refractivity contribution in [1.29, 1.82) is 0 Å². The van der Waals surface area contributed by atoms with Crippen LogP contribution in [0.15, 0.2) is 41.1 Å². The summed E-state index contributed by atoms with van der Waals surface area (Å²) in [5.41, 5.74) is 3.04. The van der Waals surface area contributed by atoms with Crippen molar-refractivity contribution in [2.75, 3.05) is 13.2 Å². The summed E-state index contributed by atoms with van der Waals surface area (Å²) in [6, 6.07) is 8.32. The smallest absolute Gasteiger partial charge is 0.316 e. The monoisotopic (exact) mass is 401 g/mol. The van der Waals surface area contributed by atoms with Crippen molar-refractivity contribution in [1.82, 2.24) is 4.98 Å². The molecule has 25 heavy (non-hydrogen) atoms. The van der Waals surface area contributed by atoms with E-state index in [4.69, 9.17) is 9.47 Å². The maximum Gasteiger partial charge on any atom is 0.316 e. The van der Waals surface area contributed by atoms with Gasteiger partial charge in [0.1, 0.15) is 5.75 Å².